The Morgan fingerprint density at radius 1 is 1.48 bits per heavy atom. The average molecular weight is 279 g/mol. The van der Waals surface area contributed by atoms with Crippen molar-refractivity contribution in [2.45, 2.75) is 38.1 Å². The smallest absolute Gasteiger partial charge is 0.0627 e. The Kier molecular flexibility index (Phi) is 2.68. The normalized spacial score (nSPS) is 31.9. The highest BCUT2D eigenvalue weighted by Gasteiger charge is 2.44. The van der Waals surface area contributed by atoms with E-state index in [4.69, 9.17) is 5.26 Å². The number of benzene rings is 1. The van der Waals surface area contributed by atoms with Crippen LogP contribution in [0.15, 0.2) is 24.4 Å². The van der Waals surface area contributed by atoms with E-state index in [9.17, 15) is 0 Å². The maximum absolute atomic E-state index is 9.17. The standard InChI is InChI=1S/C18H21N3/c1-18(6-7-19)9-14-13-4-3-5-15-17(13)12(10-20-15)8-16(14)21(2)11-18/h3-5,10,14,16,20H,6,8-9,11H2,1-2H3/t14-,16-,18-/m1/s1. The van der Waals surface area contributed by atoms with Crippen LogP contribution in [0.5, 0.6) is 0 Å². The van der Waals surface area contributed by atoms with E-state index >= 15 is 0 Å². The number of hydrogen-bond acceptors (Lipinski definition) is 2. The number of likely N-dealkylation sites (N-methyl/N-ethyl adjacent to an activating group) is 1. The second kappa shape index (κ2) is 4.35. The zero-order chi connectivity index (χ0) is 14.6. The molecule has 2 heterocycles. The third-order valence-electron chi connectivity index (χ3n) is 5.53. The number of rotatable bonds is 1. The van der Waals surface area contributed by atoms with Gasteiger partial charge in [-0.3, -0.25) is 0 Å². The Bertz CT molecular complexity index is 738. The maximum Gasteiger partial charge on any atom is 0.0627 e. The fourth-order valence-corrected chi connectivity index (χ4v) is 4.67. The van der Waals surface area contributed by atoms with Crippen LogP contribution in [0.4, 0.5) is 0 Å². The molecule has 1 N–H and O–H groups in total. The molecule has 0 radical (unpaired) electrons. The third kappa shape index (κ3) is 1.82. The van der Waals surface area contributed by atoms with Crippen molar-refractivity contribution in [1.29, 1.82) is 5.26 Å². The molecule has 21 heavy (non-hydrogen) atoms. The van der Waals surface area contributed by atoms with Crippen LogP contribution < -0.4 is 0 Å². The third-order valence-corrected chi connectivity index (χ3v) is 5.53. The molecule has 0 bridgehead atoms. The molecule has 2 aromatic rings. The SMILES string of the molecule is CN1C[C@](C)(CC#N)C[C@@H]2c3cccc4[nH]cc(c34)C[C@H]21. The monoisotopic (exact) mass is 279 g/mol. The predicted octanol–water partition coefficient (Wildman–Crippen LogP) is 3.43. The molecule has 0 unspecified atom stereocenters. The number of aromatic nitrogens is 1. The van der Waals surface area contributed by atoms with E-state index in [2.05, 4.69) is 54.3 Å². The van der Waals surface area contributed by atoms with Gasteiger partial charge in [-0.05, 0) is 42.5 Å². The highest BCUT2D eigenvalue weighted by molar-refractivity contribution is 5.88. The quantitative estimate of drug-likeness (QED) is 0.869. The highest BCUT2D eigenvalue weighted by Crippen LogP contribution is 2.48. The van der Waals surface area contributed by atoms with Crippen LogP contribution in [-0.2, 0) is 6.42 Å². The number of nitriles is 1. The number of piperidine rings is 1. The van der Waals surface area contributed by atoms with Gasteiger partial charge in [-0.25, -0.2) is 0 Å². The van der Waals surface area contributed by atoms with Crippen LogP contribution in [0, 0.1) is 16.7 Å². The Hall–Kier alpha value is -1.79. The lowest BCUT2D eigenvalue weighted by molar-refractivity contribution is 0.0561. The lowest BCUT2D eigenvalue weighted by Gasteiger charge is -2.49. The summed E-state index contributed by atoms with van der Waals surface area (Å²) < 4.78 is 0. The molecule has 0 amide bonds. The molecule has 0 spiro atoms. The van der Waals surface area contributed by atoms with E-state index in [1.54, 1.807) is 0 Å². The summed E-state index contributed by atoms with van der Waals surface area (Å²) in [6.45, 7) is 3.30. The summed E-state index contributed by atoms with van der Waals surface area (Å²) in [5.74, 6) is 0.550. The molecule has 1 saturated heterocycles. The Labute approximate surface area is 125 Å². The minimum Gasteiger partial charge on any atom is -0.361 e. The van der Waals surface area contributed by atoms with Crippen LogP contribution in [0.2, 0.25) is 0 Å². The van der Waals surface area contributed by atoms with Crippen molar-refractivity contribution < 1.29 is 0 Å². The molecule has 3 heteroatoms. The molecule has 3 nitrogen and oxygen atoms in total. The van der Waals surface area contributed by atoms with Gasteiger partial charge in [0.1, 0.15) is 0 Å². The number of aromatic amines is 1. The first-order valence-corrected chi connectivity index (χ1v) is 7.77. The van der Waals surface area contributed by atoms with E-state index in [1.165, 1.54) is 22.0 Å². The van der Waals surface area contributed by atoms with Crippen molar-refractivity contribution >= 4 is 10.9 Å². The van der Waals surface area contributed by atoms with Crippen LogP contribution in [0.25, 0.3) is 10.9 Å². The molecule has 1 fully saturated rings. The lowest BCUT2D eigenvalue weighted by Crippen LogP contribution is -2.51. The van der Waals surface area contributed by atoms with Crippen molar-refractivity contribution in [2.75, 3.05) is 13.6 Å². The summed E-state index contributed by atoms with van der Waals surface area (Å²) in [6.07, 6.45) is 5.08. The summed E-state index contributed by atoms with van der Waals surface area (Å²) in [5, 5.41) is 10.6. The maximum atomic E-state index is 9.17. The molecule has 1 aromatic heterocycles. The molecule has 0 saturated carbocycles. The van der Waals surface area contributed by atoms with Crippen molar-refractivity contribution in [3.63, 3.8) is 0 Å². The number of hydrogen-bond donors (Lipinski definition) is 1. The summed E-state index contributed by atoms with van der Waals surface area (Å²) in [6, 6.07) is 9.60. The van der Waals surface area contributed by atoms with Crippen molar-refractivity contribution in [2.24, 2.45) is 5.41 Å². The Morgan fingerprint density at radius 3 is 3.14 bits per heavy atom. The zero-order valence-corrected chi connectivity index (χ0v) is 12.7. The highest BCUT2D eigenvalue weighted by atomic mass is 15.2. The van der Waals surface area contributed by atoms with E-state index in [-0.39, 0.29) is 5.41 Å². The second-order valence-corrected chi connectivity index (χ2v) is 7.23. The summed E-state index contributed by atoms with van der Waals surface area (Å²) in [7, 11) is 2.23. The fourth-order valence-electron chi connectivity index (χ4n) is 4.67. The molecular formula is C18H21N3. The minimum atomic E-state index is 0.112. The van der Waals surface area contributed by atoms with Gasteiger partial charge in [-0.15, -0.1) is 0 Å². The van der Waals surface area contributed by atoms with Crippen LogP contribution in [0.3, 0.4) is 0 Å². The van der Waals surface area contributed by atoms with Gasteiger partial charge in [0.25, 0.3) is 0 Å². The fraction of sp³-hybridized carbons (Fsp3) is 0.500. The predicted molar refractivity (Wildman–Crippen MR) is 84.1 cm³/mol. The van der Waals surface area contributed by atoms with Crippen LogP contribution in [-0.4, -0.2) is 29.5 Å². The van der Waals surface area contributed by atoms with Gasteiger partial charge in [0.15, 0.2) is 0 Å². The zero-order valence-electron chi connectivity index (χ0n) is 12.7. The first-order chi connectivity index (χ1) is 10.1. The molecule has 108 valence electrons. The van der Waals surface area contributed by atoms with E-state index in [0.29, 0.717) is 18.4 Å². The van der Waals surface area contributed by atoms with Gasteiger partial charge < -0.3 is 9.88 Å². The molecule has 1 aliphatic heterocycles. The Morgan fingerprint density at radius 2 is 2.33 bits per heavy atom. The molecule has 3 atom stereocenters. The van der Waals surface area contributed by atoms with Crippen LogP contribution in [0.1, 0.15) is 36.8 Å². The molecule has 4 rings (SSSR count). The average Bonchev–Trinajstić information content (AvgIpc) is 2.85. The van der Waals surface area contributed by atoms with Crippen molar-refractivity contribution in [3.8, 4) is 6.07 Å². The number of nitrogens with one attached hydrogen (secondary N) is 1. The summed E-state index contributed by atoms with van der Waals surface area (Å²) in [4.78, 5) is 5.91. The van der Waals surface area contributed by atoms with Crippen molar-refractivity contribution in [3.05, 3.63) is 35.5 Å². The summed E-state index contributed by atoms with van der Waals surface area (Å²) in [5.41, 5.74) is 4.31. The van der Waals surface area contributed by atoms with E-state index in [0.717, 1.165) is 19.4 Å². The second-order valence-electron chi connectivity index (χ2n) is 7.23. The van der Waals surface area contributed by atoms with Crippen LogP contribution >= 0.6 is 0 Å². The molecular weight excluding hydrogens is 258 g/mol. The molecule has 1 aliphatic carbocycles. The number of H-pyrrole nitrogens is 1. The topological polar surface area (TPSA) is 42.8 Å². The van der Waals surface area contributed by atoms with Gasteiger partial charge in [0.05, 0.1) is 6.07 Å². The van der Waals surface area contributed by atoms with Gasteiger partial charge in [0, 0.05) is 42.0 Å². The van der Waals surface area contributed by atoms with E-state index < -0.39 is 0 Å². The first kappa shape index (κ1) is 12.9. The molecule has 1 aromatic carbocycles. The van der Waals surface area contributed by atoms with E-state index in [1.807, 2.05) is 0 Å². The van der Waals surface area contributed by atoms with Crippen molar-refractivity contribution in [1.82, 2.24) is 9.88 Å². The lowest BCUT2D eigenvalue weighted by atomic mass is 9.66. The largest absolute Gasteiger partial charge is 0.361 e. The number of fused-ring (bicyclic) bond motifs is 2. The number of likely N-dealkylation sites (tertiary alicyclic amines) is 1. The van der Waals surface area contributed by atoms with Gasteiger partial charge in [0.2, 0.25) is 0 Å². The number of nitrogens with zero attached hydrogens (tertiary/aromatic N) is 2. The minimum absolute atomic E-state index is 0.112. The molecule has 2 aliphatic rings. The first-order valence-electron chi connectivity index (χ1n) is 7.77. The van der Waals surface area contributed by atoms with Gasteiger partial charge in [-0.2, -0.15) is 5.26 Å². The van der Waals surface area contributed by atoms with Gasteiger partial charge >= 0.3 is 0 Å². The van der Waals surface area contributed by atoms with Gasteiger partial charge in [-0.1, -0.05) is 19.1 Å². The Balaban J connectivity index is 1.84. The summed E-state index contributed by atoms with van der Waals surface area (Å²) >= 11 is 0.